The highest BCUT2D eigenvalue weighted by molar-refractivity contribution is 6.33. The fourth-order valence-electron chi connectivity index (χ4n) is 7.38. The first kappa shape index (κ1) is 34.5. The van der Waals surface area contributed by atoms with E-state index in [4.69, 9.17) is 17.3 Å². The Labute approximate surface area is 287 Å². The topological polar surface area (TPSA) is 132 Å². The lowest BCUT2D eigenvalue weighted by atomic mass is 9.91. The van der Waals surface area contributed by atoms with Gasteiger partial charge in [0.05, 0.1) is 28.7 Å². The SMILES string of the molecule is Nc1c(Cl)cc(C[C@@H](CC(=O)N2CCC(N3CCc4ccccc4NC3=O)CC2)C(=O)N2CCC(N3CC=NC3=O)CC2)cc1C(F)(F)F. The van der Waals surface area contributed by atoms with Crippen molar-refractivity contribution in [1.82, 2.24) is 19.6 Å². The molecule has 2 saturated heterocycles. The number of urea groups is 2. The van der Waals surface area contributed by atoms with Gasteiger partial charge in [0.1, 0.15) is 0 Å². The van der Waals surface area contributed by atoms with Crippen molar-refractivity contribution in [3.8, 4) is 0 Å². The number of benzene rings is 2. The van der Waals surface area contributed by atoms with Gasteiger partial charge in [-0.3, -0.25) is 9.59 Å². The molecule has 15 heteroatoms. The van der Waals surface area contributed by atoms with E-state index in [0.717, 1.165) is 17.3 Å². The molecule has 49 heavy (non-hydrogen) atoms. The van der Waals surface area contributed by atoms with E-state index in [1.165, 1.54) is 6.07 Å². The molecule has 4 heterocycles. The number of amides is 6. The molecule has 0 spiro atoms. The molecule has 0 saturated carbocycles. The fraction of sp³-hybridized carbons (Fsp3) is 0.500. The average molecular weight is 702 g/mol. The molecule has 0 unspecified atom stereocenters. The number of alkyl halides is 3. The summed E-state index contributed by atoms with van der Waals surface area (Å²) in [4.78, 5) is 63.4. The zero-order valence-corrected chi connectivity index (χ0v) is 27.7. The van der Waals surface area contributed by atoms with Gasteiger partial charge < -0.3 is 30.7 Å². The fourth-order valence-corrected chi connectivity index (χ4v) is 7.63. The van der Waals surface area contributed by atoms with Gasteiger partial charge >= 0.3 is 18.2 Å². The van der Waals surface area contributed by atoms with Crippen LogP contribution in [-0.2, 0) is 28.6 Å². The second-order valence-electron chi connectivity index (χ2n) is 13.1. The number of likely N-dealkylation sites (tertiary alicyclic amines) is 2. The number of nitrogens with one attached hydrogen (secondary N) is 1. The summed E-state index contributed by atoms with van der Waals surface area (Å²) >= 11 is 6.11. The number of nitrogens with zero attached hydrogens (tertiary/aromatic N) is 5. The summed E-state index contributed by atoms with van der Waals surface area (Å²) in [5.74, 6) is -1.57. The molecular weight excluding hydrogens is 663 g/mol. The predicted molar refractivity (Wildman–Crippen MR) is 178 cm³/mol. The molecule has 0 radical (unpaired) electrons. The van der Waals surface area contributed by atoms with Crippen molar-refractivity contribution < 1.29 is 32.3 Å². The van der Waals surface area contributed by atoms with Crippen LogP contribution in [-0.4, -0.2) is 101 Å². The lowest BCUT2D eigenvalue weighted by Gasteiger charge is -2.39. The number of fused-ring (bicyclic) bond motifs is 1. The van der Waals surface area contributed by atoms with Gasteiger partial charge in [-0.25, -0.2) is 14.6 Å². The Morgan fingerprint density at radius 1 is 0.959 bits per heavy atom. The van der Waals surface area contributed by atoms with Crippen LogP contribution in [0.25, 0.3) is 0 Å². The second kappa shape index (κ2) is 14.3. The Morgan fingerprint density at radius 2 is 1.61 bits per heavy atom. The Kier molecular flexibility index (Phi) is 10.0. The molecule has 11 nitrogen and oxygen atoms in total. The molecule has 0 bridgehead atoms. The number of nitrogen functional groups attached to an aromatic ring is 1. The van der Waals surface area contributed by atoms with Crippen LogP contribution in [0.15, 0.2) is 41.4 Å². The first-order chi connectivity index (χ1) is 23.4. The number of para-hydroxylation sites is 1. The Balaban J connectivity index is 1.13. The molecule has 2 fully saturated rings. The van der Waals surface area contributed by atoms with Gasteiger partial charge in [-0.2, -0.15) is 13.2 Å². The summed E-state index contributed by atoms with van der Waals surface area (Å²) in [5.41, 5.74) is 5.98. The minimum absolute atomic E-state index is 0.0670. The van der Waals surface area contributed by atoms with Crippen LogP contribution in [0, 0.1) is 5.92 Å². The summed E-state index contributed by atoms with van der Waals surface area (Å²) in [6.07, 6.45) is -0.670. The number of hydrogen-bond donors (Lipinski definition) is 2. The van der Waals surface area contributed by atoms with Crippen LogP contribution in [0.4, 0.5) is 34.1 Å². The lowest BCUT2D eigenvalue weighted by Crippen LogP contribution is -2.51. The van der Waals surface area contributed by atoms with E-state index in [2.05, 4.69) is 10.3 Å². The largest absolute Gasteiger partial charge is 0.418 e. The third kappa shape index (κ3) is 7.63. The maximum atomic E-state index is 14.0. The highest BCUT2D eigenvalue weighted by Crippen LogP contribution is 2.38. The molecule has 262 valence electrons. The molecule has 0 aliphatic carbocycles. The van der Waals surface area contributed by atoms with Gasteiger partial charge in [-0.1, -0.05) is 29.8 Å². The smallest absolute Gasteiger partial charge is 0.397 e. The highest BCUT2D eigenvalue weighted by Gasteiger charge is 2.38. The van der Waals surface area contributed by atoms with Gasteiger partial charge in [0.2, 0.25) is 11.8 Å². The minimum Gasteiger partial charge on any atom is -0.397 e. The van der Waals surface area contributed by atoms with E-state index < -0.39 is 23.3 Å². The first-order valence-corrected chi connectivity index (χ1v) is 17.0. The van der Waals surface area contributed by atoms with Crippen LogP contribution in [0.1, 0.15) is 48.8 Å². The third-order valence-electron chi connectivity index (χ3n) is 10.1. The van der Waals surface area contributed by atoms with E-state index >= 15 is 0 Å². The maximum Gasteiger partial charge on any atom is 0.418 e. The van der Waals surface area contributed by atoms with Crippen molar-refractivity contribution in [1.29, 1.82) is 0 Å². The molecule has 6 rings (SSSR count). The number of anilines is 2. The van der Waals surface area contributed by atoms with E-state index in [1.54, 1.807) is 20.9 Å². The number of nitrogens with two attached hydrogens (primary N) is 1. The van der Waals surface area contributed by atoms with Crippen LogP contribution < -0.4 is 11.1 Å². The first-order valence-electron chi connectivity index (χ1n) is 16.6. The molecule has 1 atom stereocenters. The maximum absolute atomic E-state index is 14.0. The van der Waals surface area contributed by atoms with Crippen LogP contribution in [0.5, 0.6) is 0 Å². The highest BCUT2D eigenvalue weighted by atomic mass is 35.5. The van der Waals surface area contributed by atoms with E-state index in [9.17, 15) is 32.3 Å². The second-order valence-corrected chi connectivity index (χ2v) is 13.5. The zero-order valence-electron chi connectivity index (χ0n) is 26.9. The van der Waals surface area contributed by atoms with Crippen molar-refractivity contribution in [2.24, 2.45) is 10.9 Å². The van der Waals surface area contributed by atoms with Crippen LogP contribution in [0.2, 0.25) is 5.02 Å². The molecular formula is C34H39ClF3N7O4. The number of halogens is 4. The van der Waals surface area contributed by atoms with Crippen molar-refractivity contribution in [2.45, 2.75) is 63.2 Å². The van der Waals surface area contributed by atoms with Crippen LogP contribution in [0.3, 0.4) is 0 Å². The number of rotatable bonds is 7. The Bertz CT molecular complexity index is 1640. The zero-order chi connectivity index (χ0) is 34.9. The van der Waals surface area contributed by atoms with Crippen LogP contribution >= 0.6 is 11.6 Å². The number of piperidine rings is 2. The summed E-state index contributed by atoms with van der Waals surface area (Å²) in [6, 6.07) is 9.27. The summed E-state index contributed by atoms with van der Waals surface area (Å²) in [5, 5.41) is 2.71. The summed E-state index contributed by atoms with van der Waals surface area (Å²) < 4.78 is 41.3. The van der Waals surface area contributed by atoms with Gasteiger partial charge in [0.25, 0.3) is 0 Å². The van der Waals surface area contributed by atoms with Crippen molar-refractivity contribution in [3.63, 3.8) is 0 Å². The Hall–Kier alpha value is -4.33. The van der Waals surface area contributed by atoms with E-state index in [-0.39, 0.29) is 59.4 Å². The number of hydrogen-bond acceptors (Lipinski definition) is 5. The normalized spacial score (nSPS) is 19.9. The van der Waals surface area contributed by atoms with E-state index in [1.807, 2.05) is 29.2 Å². The third-order valence-corrected chi connectivity index (χ3v) is 10.4. The summed E-state index contributed by atoms with van der Waals surface area (Å²) in [7, 11) is 0. The number of carbonyl (C=O) groups is 4. The molecule has 4 aliphatic heterocycles. The number of carbonyl (C=O) groups excluding carboxylic acids is 4. The molecule has 3 N–H and O–H groups in total. The monoisotopic (exact) mass is 701 g/mol. The van der Waals surface area contributed by atoms with Crippen molar-refractivity contribution in [2.75, 3.05) is 50.3 Å². The van der Waals surface area contributed by atoms with Crippen molar-refractivity contribution in [3.05, 3.63) is 58.1 Å². The molecule has 4 aliphatic rings. The molecule has 2 aromatic carbocycles. The van der Waals surface area contributed by atoms with E-state index in [0.29, 0.717) is 71.4 Å². The molecule has 2 aromatic rings. The van der Waals surface area contributed by atoms with Gasteiger partial charge in [-0.05, 0) is 67.9 Å². The summed E-state index contributed by atoms with van der Waals surface area (Å²) in [6.45, 7) is 2.40. The van der Waals surface area contributed by atoms with Gasteiger partial charge in [0.15, 0.2) is 0 Å². The lowest BCUT2D eigenvalue weighted by molar-refractivity contribution is -0.143. The predicted octanol–water partition coefficient (Wildman–Crippen LogP) is 5.07. The minimum atomic E-state index is -4.75. The molecule has 0 aromatic heterocycles. The standard InChI is InChI=1S/C34H39ClF3N7O4/c35-27-19-21(18-26(30(27)39)34(36,37)38)17-23(31(47)43-13-8-25(9-14-43)45-16-10-40-32(45)48)20-29(46)42-11-6-24(7-12-42)44-15-5-22-3-1-2-4-28(22)41-33(44)49/h1-4,10,18-19,23-25H,5-9,11-17,20,39H2,(H,41,49)/t23-/m0/s1. The Morgan fingerprint density at radius 3 is 2.27 bits per heavy atom. The number of aliphatic imine (C=N–C) groups is 1. The van der Waals surface area contributed by atoms with Gasteiger partial charge in [-0.15, -0.1) is 0 Å². The van der Waals surface area contributed by atoms with Crippen molar-refractivity contribution >= 4 is 53.1 Å². The molecule has 6 amide bonds. The quantitative estimate of drug-likeness (QED) is 0.390. The average Bonchev–Trinajstić information content (AvgIpc) is 3.43. The van der Waals surface area contributed by atoms with Gasteiger partial charge in [0, 0.05) is 63.1 Å².